The molecule has 2 aromatic rings. The minimum atomic E-state index is -0.130. The monoisotopic (exact) mass is 275 g/mol. The van der Waals surface area contributed by atoms with Crippen LogP contribution in [0.5, 0.6) is 0 Å². The molecule has 2 rings (SSSR count). The summed E-state index contributed by atoms with van der Waals surface area (Å²) in [6.45, 7) is 2.06. The van der Waals surface area contributed by atoms with E-state index >= 15 is 0 Å². The zero-order valence-corrected chi connectivity index (χ0v) is 11.2. The number of hydrogen-bond acceptors (Lipinski definition) is 5. The van der Waals surface area contributed by atoms with E-state index in [1.807, 2.05) is 6.92 Å². The average molecular weight is 275 g/mol. The predicted octanol–water partition coefficient (Wildman–Crippen LogP) is 0.757. The van der Waals surface area contributed by atoms with Gasteiger partial charge in [-0.3, -0.25) is 4.79 Å². The van der Waals surface area contributed by atoms with Gasteiger partial charge in [0.1, 0.15) is 0 Å². The molecular formula is C13H17N5O2. The van der Waals surface area contributed by atoms with E-state index in [1.165, 1.54) is 0 Å². The molecule has 1 aromatic carbocycles. The first kappa shape index (κ1) is 14.1. The van der Waals surface area contributed by atoms with Crippen LogP contribution in [0.2, 0.25) is 0 Å². The van der Waals surface area contributed by atoms with Gasteiger partial charge in [-0.1, -0.05) is 12.1 Å². The van der Waals surface area contributed by atoms with Crippen LogP contribution < -0.4 is 5.32 Å². The highest BCUT2D eigenvalue weighted by Gasteiger charge is 2.10. The highest BCUT2D eigenvalue weighted by atomic mass is 16.3. The summed E-state index contributed by atoms with van der Waals surface area (Å²) in [7, 11) is 0. The molecule has 20 heavy (non-hydrogen) atoms. The number of nitrogens with one attached hydrogen (secondary N) is 2. The summed E-state index contributed by atoms with van der Waals surface area (Å²) in [5.74, 6) is 0.364. The first-order valence-electron chi connectivity index (χ1n) is 6.46. The summed E-state index contributed by atoms with van der Waals surface area (Å²) in [6.07, 6.45) is 1.43. The fourth-order valence-corrected chi connectivity index (χ4v) is 1.83. The van der Waals surface area contributed by atoms with Gasteiger partial charge in [0.2, 0.25) is 5.82 Å². The number of nitrogens with zero attached hydrogens (tertiary/aromatic N) is 3. The van der Waals surface area contributed by atoms with Crippen molar-refractivity contribution in [1.82, 2.24) is 25.9 Å². The summed E-state index contributed by atoms with van der Waals surface area (Å²) in [5, 5.41) is 25.3. The molecule has 1 aromatic heterocycles. The topological polar surface area (TPSA) is 104 Å². The third kappa shape index (κ3) is 3.61. The molecule has 0 saturated heterocycles. The summed E-state index contributed by atoms with van der Waals surface area (Å²) >= 11 is 0. The number of rotatable bonds is 6. The predicted molar refractivity (Wildman–Crippen MR) is 72.9 cm³/mol. The van der Waals surface area contributed by atoms with Crippen LogP contribution in [0.1, 0.15) is 30.1 Å². The minimum absolute atomic E-state index is 0.0338. The molecular weight excluding hydrogens is 258 g/mol. The Bertz CT molecular complexity index is 538. The molecule has 106 valence electrons. The average Bonchev–Trinajstić information content (AvgIpc) is 2.99. The van der Waals surface area contributed by atoms with Crippen molar-refractivity contribution < 1.29 is 9.90 Å². The quantitative estimate of drug-likeness (QED) is 0.722. The molecule has 1 atom stereocenters. The van der Waals surface area contributed by atoms with Gasteiger partial charge < -0.3 is 10.4 Å². The maximum Gasteiger partial charge on any atom is 0.251 e. The first-order chi connectivity index (χ1) is 9.70. The number of aromatic nitrogens is 4. The van der Waals surface area contributed by atoms with Crippen LogP contribution in [0, 0.1) is 0 Å². The lowest BCUT2D eigenvalue weighted by Gasteiger charge is -2.13. The SMILES string of the molecule is CC(CCCO)NC(=O)c1ccc(-c2nn[nH]n2)cc1. The molecule has 0 saturated carbocycles. The van der Waals surface area contributed by atoms with Crippen molar-refractivity contribution in [1.29, 1.82) is 0 Å². The molecule has 3 N–H and O–H groups in total. The fraction of sp³-hybridized carbons (Fsp3) is 0.385. The number of amides is 1. The van der Waals surface area contributed by atoms with E-state index in [0.717, 1.165) is 12.0 Å². The van der Waals surface area contributed by atoms with Gasteiger partial charge in [-0.2, -0.15) is 5.21 Å². The van der Waals surface area contributed by atoms with Crippen molar-refractivity contribution in [3.05, 3.63) is 29.8 Å². The largest absolute Gasteiger partial charge is 0.396 e. The van der Waals surface area contributed by atoms with E-state index < -0.39 is 0 Å². The van der Waals surface area contributed by atoms with Crippen molar-refractivity contribution >= 4 is 5.91 Å². The Morgan fingerprint density at radius 3 is 2.75 bits per heavy atom. The van der Waals surface area contributed by atoms with Crippen molar-refractivity contribution in [3.63, 3.8) is 0 Å². The molecule has 0 fully saturated rings. The van der Waals surface area contributed by atoms with Crippen LogP contribution in [0.25, 0.3) is 11.4 Å². The molecule has 1 unspecified atom stereocenters. The molecule has 0 aliphatic heterocycles. The number of hydrogen-bond donors (Lipinski definition) is 3. The lowest BCUT2D eigenvalue weighted by atomic mass is 10.1. The van der Waals surface area contributed by atoms with Crippen LogP contribution in [-0.2, 0) is 0 Å². The van der Waals surface area contributed by atoms with E-state index in [4.69, 9.17) is 5.11 Å². The second-order valence-electron chi connectivity index (χ2n) is 4.55. The van der Waals surface area contributed by atoms with E-state index in [9.17, 15) is 4.79 Å². The lowest BCUT2D eigenvalue weighted by molar-refractivity contribution is 0.0936. The summed E-state index contributed by atoms with van der Waals surface area (Å²) in [6, 6.07) is 7.03. The Hall–Kier alpha value is -2.28. The summed E-state index contributed by atoms with van der Waals surface area (Å²) in [4.78, 5) is 12.0. The molecule has 0 radical (unpaired) electrons. The molecule has 7 heteroatoms. The molecule has 0 bridgehead atoms. The second-order valence-corrected chi connectivity index (χ2v) is 4.55. The smallest absolute Gasteiger partial charge is 0.251 e. The molecule has 7 nitrogen and oxygen atoms in total. The number of benzene rings is 1. The van der Waals surface area contributed by atoms with E-state index in [0.29, 0.717) is 17.8 Å². The van der Waals surface area contributed by atoms with E-state index in [-0.39, 0.29) is 18.6 Å². The van der Waals surface area contributed by atoms with Gasteiger partial charge >= 0.3 is 0 Å². The van der Waals surface area contributed by atoms with Crippen LogP contribution in [-0.4, -0.2) is 44.3 Å². The number of H-pyrrole nitrogens is 1. The van der Waals surface area contributed by atoms with Crippen molar-refractivity contribution in [2.45, 2.75) is 25.8 Å². The maximum atomic E-state index is 12.0. The van der Waals surface area contributed by atoms with E-state index in [1.54, 1.807) is 24.3 Å². The molecule has 0 aliphatic carbocycles. The maximum absolute atomic E-state index is 12.0. The standard InChI is InChI=1S/C13H17N5O2/c1-9(3-2-8-19)14-13(20)11-6-4-10(5-7-11)12-15-17-18-16-12/h4-7,9,19H,2-3,8H2,1H3,(H,14,20)(H,15,16,17,18). The van der Waals surface area contributed by atoms with Crippen LogP contribution in [0.3, 0.4) is 0 Å². The van der Waals surface area contributed by atoms with Gasteiger partial charge in [0.15, 0.2) is 0 Å². The van der Waals surface area contributed by atoms with Gasteiger partial charge in [0, 0.05) is 23.8 Å². The normalized spacial score (nSPS) is 12.1. The number of carbonyl (C=O) groups is 1. The molecule has 1 amide bonds. The number of aliphatic hydroxyl groups is 1. The number of tetrazole rings is 1. The van der Waals surface area contributed by atoms with Gasteiger partial charge in [-0.15, -0.1) is 10.2 Å². The van der Waals surface area contributed by atoms with Crippen LogP contribution in [0.15, 0.2) is 24.3 Å². The third-order valence-corrected chi connectivity index (χ3v) is 2.92. The van der Waals surface area contributed by atoms with Crippen molar-refractivity contribution in [2.75, 3.05) is 6.61 Å². The molecule has 1 heterocycles. The number of aromatic amines is 1. The van der Waals surface area contributed by atoms with E-state index in [2.05, 4.69) is 25.9 Å². The zero-order valence-electron chi connectivity index (χ0n) is 11.2. The van der Waals surface area contributed by atoms with Gasteiger partial charge in [0.05, 0.1) is 0 Å². The second kappa shape index (κ2) is 6.76. The highest BCUT2D eigenvalue weighted by molar-refractivity contribution is 5.94. The Balaban J connectivity index is 1.97. The lowest BCUT2D eigenvalue weighted by Crippen LogP contribution is -2.32. The van der Waals surface area contributed by atoms with Gasteiger partial charge in [0.25, 0.3) is 5.91 Å². The van der Waals surface area contributed by atoms with Crippen LogP contribution in [0.4, 0.5) is 0 Å². The minimum Gasteiger partial charge on any atom is -0.396 e. The number of carbonyl (C=O) groups excluding carboxylic acids is 1. The first-order valence-corrected chi connectivity index (χ1v) is 6.46. The Labute approximate surface area is 116 Å². The summed E-state index contributed by atoms with van der Waals surface area (Å²) < 4.78 is 0. The molecule has 0 aliphatic rings. The third-order valence-electron chi connectivity index (χ3n) is 2.92. The van der Waals surface area contributed by atoms with Gasteiger partial charge in [-0.05, 0) is 37.1 Å². The Morgan fingerprint density at radius 1 is 1.40 bits per heavy atom. The Kier molecular flexibility index (Phi) is 4.78. The van der Waals surface area contributed by atoms with Crippen LogP contribution >= 0.6 is 0 Å². The van der Waals surface area contributed by atoms with Crippen molar-refractivity contribution in [3.8, 4) is 11.4 Å². The molecule has 0 spiro atoms. The zero-order chi connectivity index (χ0) is 14.4. The van der Waals surface area contributed by atoms with Gasteiger partial charge in [-0.25, -0.2) is 0 Å². The number of aliphatic hydroxyl groups excluding tert-OH is 1. The summed E-state index contributed by atoms with van der Waals surface area (Å²) in [5.41, 5.74) is 1.37. The fourth-order valence-electron chi connectivity index (χ4n) is 1.83. The Morgan fingerprint density at radius 2 is 2.15 bits per heavy atom. The highest BCUT2D eigenvalue weighted by Crippen LogP contribution is 2.14. The van der Waals surface area contributed by atoms with Crippen molar-refractivity contribution in [2.24, 2.45) is 0 Å².